The molecule has 3 aromatic rings. The molecule has 0 atom stereocenters. The molecule has 0 bridgehead atoms. The highest BCUT2D eigenvalue weighted by molar-refractivity contribution is 6.02. The molecule has 0 spiro atoms. The molecule has 0 aromatic heterocycles. The zero-order valence-corrected chi connectivity index (χ0v) is 16.5. The molecule has 154 valence electrons. The normalized spacial score (nSPS) is 12.6. The van der Waals surface area contributed by atoms with Crippen molar-refractivity contribution in [3.8, 4) is 11.5 Å². The van der Waals surface area contributed by atoms with Crippen molar-refractivity contribution in [1.29, 1.82) is 0 Å². The molecular weight excluding hydrogens is 408 g/mol. The van der Waals surface area contributed by atoms with Crippen LogP contribution in [0.4, 0.5) is 11.4 Å². The number of phenols is 1. The van der Waals surface area contributed by atoms with Crippen molar-refractivity contribution in [2.24, 2.45) is 5.10 Å². The van der Waals surface area contributed by atoms with Crippen molar-refractivity contribution < 1.29 is 19.7 Å². The number of phenolic OH excluding ortho intramolecular Hbond substituents is 1. The molecule has 1 aliphatic heterocycles. The number of ether oxygens (including phenoxy) is 1. The molecule has 0 fully saturated rings. The Morgan fingerprint density at radius 2 is 1.57 bits per heavy atom. The summed E-state index contributed by atoms with van der Waals surface area (Å²) < 4.78 is 5.44. The smallest absolute Gasteiger partial charge is 0.341 e. The first-order valence-corrected chi connectivity index (χ1v) is 8.86. The zero-order chi connectivity index (χ0) is 20.2. The molecule has 30 heavy (non-hydrogen) atoms. The number of para-hydroxylation sites is 4. The second kappa shape index (κ2) is 9.06. The van der Waals surface area contributed by atoms with Crippen LogP contribution in [0.15, 0.2) is 84.0 Å². The van der Waals surface area contributed by atoms with Crippen LogP contribution in [0, 0.1) is 0 Å². The van der Waals surface area contributed by atoms with E-state index in [2.05, 4.69) is 10.5 Å². The average Bonchev–Trinajstić information content (AvgIpc) is 3.18. The lowest BCUT2D eigenvalue weighted by molar-refractivity contribution is -0.139. The molecular formula is C21H19ClN4O4. The fraction of sp³-hybridized carbons (Fsp3) is 0.0476. The van der Waals surface area contributed by atoms with Crippen molar-refractivity contribution >= 4 is 35.6 Å². The Hall–Kier alpha value is -3.91. The van der Waals surface area contributed by atoms with Crippen LogP contribution < -0.4 is 20.4 Å². The lowest BCUT2D eigenvalue weighted by Crippen LogP contribution is -2.44. The van der Waals surface area contributed by atoms with E-state index >= 15 is 0 Å². The minimum absolute atomic E-state index is 0. The molecule has 4 rings (SSSR count). The van der Waals surface area contributed by atoms with E-state index in [1.54, 1.807) is 53.6 Å². The third-order valence-corrected chi connectivity index (χ3v) is 4.18. The Morgan fingerprint density at radius 3 is 2.27 bits per heavy atom. The summed E-state index contributed by atoms with van der Waals surface area (Å²) in [5.41, 5.74) is 5.01. The summed E-state index contributed by atoms with van der Waals surface area (Å²) in [7, 11) is 0. The molecule has 0 saturated carbocycles. The highest BCUT2D eigenvalue weighted by Gasteiger charge is 2.30. The van der Waals surface area contributed by atoms with Gasteiger partial charge in [0.1, 0.15) is 22.9 Å². The summed E-state index contributed by atoms with van der Waals surface area (Å²) in [6.07, 6.45) is 0. The minimum Gasteiger partial charge on any atom is -0.506 e. The summed E-state index contributed by atoms with van der Waals surface area (Å²) in [5, 5.41) is 27.1. The fourth-order valence-corrected chi connectivity index (χ4v) is 2.88. The quantitative estimate of drug-likeness (QED) is 0.555. The van der Waals surface area contributed by atoms with Gasteiger partial charge in [-0.05, 0) is 24.3 Å². The minimum atomic E-state index is -1.08. The highest BCUT2D eigenvalue weighted by Crippen LogP contribution is 2.36. The van der Waals surface area contributed by atoms with Gasteiger partial charge >= 0.3 is 5.97 Å². The highest BCUT2D eigenvalue weighted by atomic mass is 35.5. The number of aromatic hydroxyl groups is 1. The number of nitrogens with zero attached hydrogens (tertiary/aromatic N) is 3. The van der Waals surface area contributed by atoms with E-state index in [-0.39, 0.29) is 18.2 Å². The maximum absolute atomic E-state index is 11.0. The molecule has 0 unspecified atom stereocenters. The van der Waals surface area contributed by atoms with Crippen LogP contribution in [0.3, 0.4) is 0 Å². The summed E-state index contributed by atoms with van der Waals surface area (Å²) >= 11 is 0. The van der Waals surface area contributed by atoms with Crippen LogP contribution >= 0.6 is 12.4 Å². The monoisotopic (exact) mass is 426 g/mol. The molecule has 3 N–H and O–H groups in total. The maximum atomic E-state index is 11.0. The lowest BCUT2D eigenvalue weighted by Gasteiger charge is -2.29. The summed E-state index contributed by atoms with van der Waals surface area (Å²) in [4.78, 5) is 11.0. The van der Waals surface area contributed by atoms with E-state index in [0.717, 1.165) is 5.56 Å². The number of carboxylic acids is 1. The van der Waals surface area contributed by atoms with Gasteiger partial charge in [0.05, 0.1) is 0 Å². The van der Waals surface area contributed by atoms with Crippen molar-refractivity contribution in [3.05, 3.63) is 84.4 Å². The number of hydrazone groups is 1. The summed E-state index contributed by atoms with van der Waals surface area (Å²) in [6.45, 7) is -0.482. The SMILES string of the molecule is Cl.O=C(O)COc1ccccc1N1N=C(c2ccccc2)NN1c1ccccc1O. The number of anilines is 2. The van der Waals surface area contributed by atoms with Crippen LogP contribution in [0.1, 0.15) is 5.56 Å². The number of amidine groups is 1. The lowest BCUT2D eigenvalue weighted by atomic mass is 10.2. The van der Waals surface area contributed by atoms with Crippen molar-refractivity contribution in [1.82, 2.24) is 5.43 Å². The average molecular weight is 427 g/mol. The molecule has 0 radical (unpaired) electrons. The second-order valence-electron chi connectivity index (χ2n) is 6.17. The molecule has 0 aliphatic carbocycles. The van der Waals surface area contributed by atoms with E-state index in [4.69, 9.17) is 9.84 Å². The predicted molar refractivity (Wildman–Crippen MR) is 116 cm³/mol. The maximum Gasteiger partial charge on any atom is 0.341 e. The first-order valence-electron chi connectivity index (χ1n) is 8.86. The van der Waals surface area contributed by atoms with Gasteiger partial charge < -0.3 is 14.9 Å². The molecule has 0 amide bonds. The summed E-state index contributed by atoms with van der Waals surface area (Å²) in [5.74, 6) is -0.124. The molecule has 1 heterocycles. The predicted octanol–water partition coefficient (Wildman–Crippen LogP) is 3.39. The summed E-state index contributed by atoms with van der Waals surface area (Å²) in [6, 6.07) is 23.3. The molecule has 9 heteroatoms. The number of hydrogen-bond acceptors (Lipinski definition) is 7. The molecule has 1 aliphatic rings. The molecule has 3 aromatic carbocycles. The number of rotatable bonds is 6. The first-order chi connectivity index (χ1) is 14.1. The number of hydrogen-bond donors (Lipinski definition) is 3. The van der Waals surface area contributed by atoms with Crippen LogP contribution in [-0.4, -0.2) is 28.6 Å². The fourth-order valence-electron chi connectivity index (χ4n) is 2.88. The van der Waals surface area contributed by atoms with Gasteiger partial charge in [0, 0.05) is 5.56 Å². The van der Waals surface area contributed by atoms with Gasteiger partial charge in [0.15, 0.2) is 12.4 Å². The number of nitrogens with one attached hydrogen (secondary N) is 1. The first kappa shape index (κ1) is 20.8. The zero-order valence-electron chi connectivity index (χ0n) is 15.7. The largest absolute Gasteiger partial charge is 0.506 e. The molecule has 8 nitrogen and oxygen atoms in total. The van der Waals surface area contributed by atoms with Gasteiger partial charge in [-0.1, -0.05) is 54.6 Å². The number of aliphatic carboxylic acids is 1. The van der Waals surface area contributed by atoms with Gasteiger partial charge in [-0.3, -0.25) is 5.43 Å². The van der Waals surface area contributed by atoms with Crippen LogP contribution in [-0.2, 0) is 4.79 Å². The number of carbonyl (C=O) groups is 1. The Labute approximate surface area is 179 Å². The standard InChI is InChI=1S/C21H18N4O4.ClH/c26-18-12-6-4-10-16(18)24-22-21(15-8-2-1-3-9-15)23-25(24)17-11-5-7-13-19(17)29-14-20(27)28;/h1-13,26H,14H2,(H,22,23)(H,27,28);1H. The number of hydrazine groups is 2. The van der Waals surface area contributed by atoms with Crippen LogP contribution in [0.2, 0.25) is 0 Å². The Balaban J connectivity index is 0.00000256. The Kier molecular flexibility index (Phi) is 6.29. The van der Waals surface area contributed by atoms with E-state index < -0.39 is 12.6 Å². The Morgan fingerprint density at radius 1 is 0.933 bits per heavy atom. The second-order valence-corrected chi connectivity index (χ2v) is 6.17. The van der Waals surface area contributed by atoms with Gasteiger partial charge in [-0.25, -0.2) is 4.79 Å². The number of carboxylic acid groups (broad SMARTS) is 1. The Bertz CT molecular complexity index is 1060. The van der Waals surface area contributed by atoms with Gasteiger partial charge in [0.25, 0.3) is 0 Å². The van der Waals surface area contributed by atoms with Gasteiger partial charge in [-0.2, -0.15) is 5.12 Å². The van der Waals surface area contributed by atoms with E-state index in [9.17, 15) is 9.90 Å². The molecule has 0 saturated heterocycles. The van der Waals surface area contributed by atoms with Crippen LogP contribution in [0.25, 0.3) is 0 Å². The van der Waals surface area contributed by atoms with Crippen molar-refractivity contribution in [2.75, 3.05) is 16.8 Å². The topological polar surface area (TPSA) is 97.6 Å². The van der Waals surface area contributed by atoms with E-state index in [1.807, 2.05) is 30.3 Å². The van der Waals surface area contributed by atoms with Gasteiger partial charge in [-0.15, -0.1) is 22.6 Å². The third kappa shape index (κ3) is 4.23. The number of benzene rings is 3. The van der Waals surface area contributed by atoms with Crippen molar-refractivity contribution in [3.63, 3.8) is 0 Å². The van der Waals surface area contributed by atoms with E-state index in [0.29, 0.717) is 23.0 Å². The van der Waals surface area contributed by atoms with Crippen molar-refractivity contribution in [2.45, 2.75) is 0 Å². The third-order valence-electron chi connectivity index (χ3n) is 4.18. The van der Waals surface area contributed by atoms with E-state index in [1.165, 1.54) is 5.12 Å². The van der Waals surface area contributed by atoms with Crippen LogP contribution in [0.5, 0.6) is 11.5 Å². The van der Waals surface area contributed by atoms with Gasteiger partial charge in [0.2, 0.25) is 0 Å². The number of halogens is 1.